The van der Waals surface area contributed by atoms with E-state index in [-0.39, 0.29) is 22.1 Å². The Morgan fingerprint density at radius 1 is 1.07 bits per heavy atom. The molecule has 3 rings (SSSR count). The van der Waals surface area contributed by atoms with E-state index < -0.39 is 25.8 Å². The van der Waals surface area contributed by atoms with Crippen LogP contribution in [0.2, 0.25) is 5.02 Å². The van der Waals surface area contributed by atoms with Gasteiger partial charge in [0.2, 0.25) is 0 Å². The quantitative estimate of drug-likeness (QED) is 0.750. The van der Waals surface area contributed by atoms with E-state index in [2.05, 4.69) is 0 Å². The second-order valence-electron chi connectivity index (χ2n) is 6.53. The van der Waals surface area contributed by atoms with Gasteiger partial charge in [0.05, 0.1) is 4.90 Å². The van der Waals surface area contributed by atoms with Gasteiger partial charge >= 0.3 is 5.51 Å². The van der Waals surface area contributed by atoms with Gasteiger partial charge in [-0.3, -0.25) is 0 Å². The van der Waals surface area contributed by atoms with Crippen molar-refractivity contribution in [3.8, 4) is 11.5 Å². The molecule has 0 saturated heterocycles. The molecule has 0 fully saturated rings. The monoisotopic (exact) mass is 418 g/mol. The van der Waals surface area contributed by atoms with Crippen LogP contribution >= 0.6 is 11.6 Å². The van der Waals surface area contributed by atoms with E-state index in [1.807, 2.05) is 0 Å². The number of halogens is 4. The largest absolute Gasteiger partial charge is 0.507 e. The zero-order chi connectivity index (χ0) is 20.2. The second-order valence-corrected chi connectivity index (χ2v) is 8.91. The van der Waals surface area contributed by atoms with Crippen molar-refractivity contribution in [2.75, 3.05) is 0 Å². The van der Waals surface area contributed by atoms with E-state index in [1.165, 1.54) is 24.3 Å². The summed E-state index contributed by atoms with van der Waals surface area (Å²) in [7, 11) is -5.53. The summed E-state index contributed by atoms with van der Waals surface area (Å²) in [6.07, 6.45) is 1.60. The maximum absolute atomic E-state index is 12.9. The molecular formula is C18H14ClF3O4S. The summed E-state index contributed by atoms with van der Waals surface area (Å²) in [5.41, 5.74) is -5.51. The highest BCUT2D eigenvalue weighted by atomic mass is 35.5. The molecule has 144 valence electrons. The van der Waals surface area contributed by atoms with E-state index in [1.54, 1.807) is 19.9 Å². The maximum atomic E-state index is 12.9. The van der Waals surface area contributed by atoms with Crippen molar-refractivity contribution in [1.82, 2.24) is 0 Å². The Hall–Kier alpha value is -2.19. The van der Waals surface area contributed by atoms with Crippen LogP contribution in [0.5, 0.6) is 11.5 Å². The molecule has 27 heavy (non-hydrogen) atoms. The van der Waals surface area contributed by atoms with Gasteiger partial charge in [-0.1, -0.05) is 11.6 Å². The van der Waals surface area contributed by atoms with Crippen molar-refractivity contribution in [3.05, 3.63) is 58.6 Å². The number of phenolic OH excluding ortho intramolecular Hbond substituents is 1. The Bertz CT molecular complexity index is 1060. The summed E-state index contributed by atoms with van der Waals surface area (Å²) >= 11 is 5.84. The van der Waals surface area contributed by atoms with Gasteiger partial charge in [0.15, 0.2) is 0 Å². The molecule has 1 aliphatic heterocycles. The minimum atomic E-state index is -5.53. The Morgan fingerprint density at radius 2 is 1.74 bits per heavy atom. The van der Waals surface area contributed by atoms with Crippen LogP contribution in [0.25, 0.3) is 5.57 Å². The molecule has 0 atom stereocenters. The highest BCUT2D eigenvalue weighted by Crippen LogP contribution is 2.44. The molecule has 0 radical (unpaired) electrons. The van der Waals surface area contributed by atoms with E-state index >= 15 is 0 Å². The lowest BCUT2D eigenvalue weighted by Gasteiger charge is -2.31. The van der Waals surface area contributed by atoms with Gasteiger partial charge in [0.25, 0.3) is 9.84 Å². The number of hydrogen-bond acceptors (Lipinski definition) is 4. The lowest BCUT2D eigenvalue weighted by Crippen LogP contribution is -2.29. The number of phenols is 1. The number of rotatable bonds is 2. The number of alkyl halides is 3. The molecule has 9 heteroatoms. The topological polar surface area (TPSA) is 63.6 Å². The first kappa shape index (κ1) is 19.6. The van der Waals surface area contributed by atoms with Crippen molar-refractivity contribution < 1.29 is 31.4 Å². The van der Waals surface area contributed by atoms with Crippen molar-refractivity contribution in [2.24, 2.45) is 0 Å². The molecule has 1 heterocycles. The van der Waals surface area contributed by atoms with E-state index in [9.17, 15) is 26.7 Å². The van der Waals surface area contributed by atoms with Crippen LogP contribution in [0, 0.1) is 0 Å². The summed E-state index contributed by atoms with van der Waals surface area (Å²) < 4.78 is 68.0. The van der Waals surface area contributed by atoms with Crippen LogP contribution in [0.3, 0.4) is 0 Å². The fourth-order valence-electron chi connectivity index (χ4n) is 2.80. The molecule has 0 aliphatic carbocycles. The van der Waals surface area contributed by atoms with Crippen LogP contribution in [0.1, 0.15) is 25.0 Å². The summed E-state index contributed by atoms with van der Waals surface area (Å²) in [6.45, 7) is 3.45. The average Bonchev–Trinajstić information content (AvgIpc) is 2.52. The standard InChI is InChI=1S/C18H14ClF3O4S/c1-17(2)9-14(12-5-3-10(19)7-15(12)23)13-8-11(4-6-16(13)26-17)27(24,25)18(20,21)22/h3-9,23H,1-2H3. The summed E-state index contributed by atoms with van der Waals surface area (Å²) in [5.74, 6) is 0.00876. The number of fused-ring (bicyclic) bond motifs is 1. The summed E-state index contributed by atoms with van der Waals surface area (Å²) in [6, 6.07) is 7.22. The molecule has 0 saturated carbocycles. The SMILES string of the molecule is CC1(C)C=C(c2ccc(Cl)cc2O)c2cc(S(=O)(=O)C(F)(F)F)ccc2O1. The Labute approximate surface area is 158 Å². The third-order valence-corrected chi connectivity index (χ3v) is 5.69. The van der Waals surface area contributed by atoms with Crippen LogP contribution in [-0.4, -0.2) is 24.6 Å². The predicted octanol–water partition coefficient (Wildman–Crippen LogP) is 4.94. The molecule has 0 spiro atoms. The van der Waals surface area contributed by atoms with Crippen LogP contribution in [-0.2, 0) is 9.84 Å². The van der Waals surface area contributed by atoms with E-state index in [4.69, 9.17) is 16.3 Å². The molecule has 1 aliphatic rings. The van der Waals surface area contributed by atoms with Crippen molar-refractivity contribution in [3.63, 3.8) is 0 Å². The van der Waals surface area contributed by atoms with E-state index in [0.29, 0.717) is 11.1 Å². The van der Waals surface area contributed by atoms with Crippen LogP contribution in [0.4, 0.5) is 13.2 Å². The third kappa shape index (κ3) is 3.51. The van der Waals surface area contributed by atoms with Crippen molar-refractivity contribution in [1.29, 1.82) is 0 Å². The zero-order valence-electron chi connectivity index (χ0n) is 14.1. The average molecular weight is 419 g/mol. The van der Waals surface area contributed by atoms with Crippen molar-refractivity contribution >= 4 is 27.0 Å². The number of sulfone groups is 1. The molecule has 0 unspecified atom stereocenters. The number of hydrogen-bond donors (Lipinski definition) is 1. The first-order chi connectivity index (χ1) is 12.3. The van der Waals surface area contributed by atoms with Crippen LogP contribution in [0.15, 0.2) is 47.4 Å². The van der Waals surface area contributed by atoms with Gasteiger partial charge in [-0.15, -0.1) is 0 Å². The fraction of sp³-hybridized carbons (Fsp3) is 0.222. The Morgan fingerprint density at radius 3 is 2.33 bits per heavy atom. The maximum Gasteiger partial charge on any atom is 0.501 e. The fourth-order valence-corrected chi connectivity index (χ4v) is 3.76. The highest BCUT2D eigenvalue weighted by molar-refractivity contribution is 7.92. The van der Waals surface area contributed by atoms with Gasteiger partial charge in [-0.2, -0.15) is 13.2 Å². The smallest absolute Gasteiger partial charge is 0.501 e. The molecule has 0 aromatic heterocycles. The number of aromatic hydroxyl groups is 1. The van der Waals surface area contributed by atoms with Gasteiger partial charge in [0, 0.05) is 16.1 Å². The normalized spacial score (nSPS) is 16.3. The van der Waals surface area contributed by atoms with Gasteiger partial charge in [0.1, 0.15) is 17.1 Å². The summed E-state index contributed by atoms with van der Waals surface area (Å²) in [5, 5.41) is 10.5. The molecule has 1 N–H and O–H groups in total. The molecule has 2 aromatic carbocycles. The number of benzene rings is 2. The molecule has 2 aromatic rings. The first-order valence-electron chi connectivity index (χ1n) is 7.68. The van der Waals surface area contributed by atoms with Crippen molar-refractivity contribution in [2.45, 2.75) is 29.9 Å². The number of ether oxygens (including phenoxy) is 1. The van der Waals surface area contributed by atoms with Gasteiger partial charge in [-0.25, -0.2) is 8.42 Å². The second kappa shape index (κ2) is 6.17. The van der Waals surface area contributed by atoms with E-state index in [0.717, 1.165) is 12.1 Å². The Balaban J connectivity index is 2.25. The molecular weight excluding hydrogens is 405 g/mol. The Kier molecular flexibility index (Phi) is 4.47. The molecule has 4 nitrogen and oxygen atoms in total. The highest BCUT2D eigenvalue weighted by Gasteiger charge is 2.47. The van der Waals surface area contributed by atoms with Gasteiger partial charge in [-0.05, 0) is 61.9 Å². The predicted molar refractivity (Wildman–Crippen MR) is 94.6 cm³/mol. The van der Waals surface area contributed by atoms with Gasteiger partial charge < -0.3 is 9.84 Å². The summed E-state index contributed by atoms with van der Waals surface area (Å²) in [4.78, 5) is -0.906. The molecule has 0 bridgehead atoms. The lowest BCUT2D eigenvalue weighted by atomic mass is 9.89. The third-order valence-electron chi connectivity index (χ3n) is 3.97. The lowest BCUT2D eigenvalue weighted by molar-refractivity contribution is -0.0436. The minimum Gasteiger partial charge on any atom is -0.507 e. The minimum absolute atomic E-state index is 0.122. The first-order valence-corrected chi connectivity index (χ1v) is 9.54. The molecule has 0 amide bonds. The van der Waals surface area contributed by atoms with Crippen LogP contribution < -0.4 is 4.74 Å². The zero-order valence-corrected chi connectivity index (χ0v) is 15.7.